The zero-order valence-corrected chi connectivity index (χ0v) is 17.1. The second-order valence-corrected chi connectivity index (χ2v) is 7.15. The molecule has 0 spiro atoms. The smallest absolute Gasteiger partial charge is 0.270 e. The second-order valence-electron chi connectivity index (χ2n) is 7.15. The molecule has 2 aromatic rings. The Morgan fingerprint density at radius 2 is 1.77 bits per heavy atom. The molecule has 2 saturated heterocycles. The summed E-state index contributed by atoms with van der Waals surface area (Å²) in [5, 5.41) is 15.0. The maximum atomic E-state index is 10.9. The van der Waals surface area contributed by atoms with Gasteiger partial charge in [-0.1, -0.05) is 18.2 Å². The minimum Gasteiger partial charge on any atom is -0.378 e. The quantitative estimate of drug-likeness (QED) is 0.405. The average molecular weight is 424 g/mol. The van der Waals surface area contributed by atoms with Crippen LogP contribution >= 0.6 is 0 Å². The number of aromatic nitrogens is 3. The fourth-order valence-electron chi connectivity index (χ4n) is 3.40. The van der Waals surface area contributed by atoms with Gasteiger partial charge < -0.3 is 14.5 Å². The van der Waals surface area contributed by atoms with Crippen molar-refractivity contribution in [2.45, 2.75) is 12.8 Å². The van der Waals surface area contributed by atoms with Crippen LogP contribution in [0.3, 0.4) is 0 Å². The summed E-state index contributed by atoms with van der Waals surface area (Å²) in [5.41, 5.74) is 3.63. The Morgan fingerprint density at radius 3 is 2.48 bits per heavy atom. The molecule has 0 amide bonds. The van der Waals surface area contributed by atoms with Crippen LogP contribution < -0.4 is 15.2 Å². The number of hydrogen-bond acceptors (Lipinski definition) is 10. The van der Waals surface area contributed by atoms with Gasteiger partial charge in [0.25, 0.3) is 5.69 Å². The molecule has 2 fully saturated rings. The molecule has 31 heavy (non-hydrogen) atoms. The summed E-state index contributed by atoms with van der Waals surface area (Å²) in [4.78, 5) is 28.4. The van der Waals surface area contributed by atoms with Gasteiger partial charge in [0.15, 0.2) is 0 Å². The standard InChI is InChI=1S/C20H24N8O3/c29-28(30)17-7-3-5-16(15-17)6-4-8-21-25-18-22-19(26-9-1-2-10-26)24-20(23-18)27-11-13-31-14-12-27/h3-8,15H,1-2,9-14H2,(H,22,23,24,25)/b6-4+,21-8-. The molecular formula is C20H24N8O3. The summed E-state index contributed by atoms with van der Waals surface area (Å²) < 4.78 is 5.42. The minimum absolute atomic E-state index is 0.0486. The Kier molecular flexibility index (Phi) is 6.62. The molecular weight excluding hydrogens is 400 g/mol. The third kappa shape index (κ3) is 5.51. The molecule has 2 aliphatic rings. The lowest BCUT2D eigenvalue weighted by molar-refractivity contribution is -0.384. The summed E-state index contributed by atoms with van der Waals surface area (Å²) in [6.07, 6.45) is 7.23. The van der Waals surface area contributed by atoms with Crippen molar-refractivity contribution >= 4 is 35.8 Å². The van der Waals surface area contributed by atoms with E-state index in [4.69, 9.17) is 4.74 Å². The third-order valence-corrected chi connectivity index (χ3v) is 4.99. The van der Waals surface area contributed by atoms with Crippen LogP contribution in [0.1, 0.15) is 18.4 Å². The van der Waals surface area contributed by atoms with Crippen molar-refractivity contribution in [3.8, 4) is 0 Å². The van der Waals surface area contributed by atoms with E-state index in [0.717, 1.165) is 39.0 Å². The molecule has 1 aromatic heterocycles. The van der Waals surface area contributed by atoms with Crippen molar-refractivity contribution in [2.24, 2.45) is 5.10 Å². The molecule has 0 radical (unpaired) electrons. The number of non-ortho nitro benzene ring substituents is 1. The molecule has 0 saturated carbocycles. The number of ether oxygens (including phenoxy) is 1. The van der Waals surface area contributed by atoms with Crippen molar-refractivity contribution in [1.82, 2.24) is 15.0 Å². The number of hydrazone groups is 1. The molecule has 11 heteroatoms. The molecule has 162 valence electrons. The molecule has 1 aromatic carbocycles. The first kappa shape index (κ1) is 20.7. The average Bonchev–Trinajstić information content (AvgIpc) is 3.35. The highest BCUT2D eigenvalue weighted by Gasteiger charge is 2.21. The van der Waals surface area contributed by atoms with Gasteiger partial charge in [0.2, 0.25) is 17.8 Å². The number of morpholine rings is 1. The number of hydrogen-bond donors (Lipinski definition) is 1. The first-order valence-corrected chi connectivity index (χ1v) is 10.2. The highest BCUT2D eigenvalue weighted by molar-refractivity contribution is 5.79. The van der Waals surface area contributed by atoms with E-state index in [0.29, 0.717) is 36.6 Å². The van der Waals surface area contributed by atoms with E-state index < -0.39 is 4.92 Å². The zero-order valence-electron chi connectivity index (χ0n) is 17.1. The summed E-state index contributed by atoms with van der Waals surface area (Å²) in [6.45, 7) is 4.63. The highest BCUT2D eigenvalue weighted by Crippen LogP contribution is 2.21. The zero-order chi connectivity index (χ0) is 21.5. The van der Waals surface area contributed by atoms with Crippen molar-refractivity contribution in [3.63, 3.8) is 0 Å². The van der Waals surface area contributed by atoms with Gasteiger partial charge in [-0.15, -0.1) is 0 Å². The topological polar surface area (TPSA) is 122 Å². The third-order valence-electron chi connectivity index (χ3n) is 4.99. The lowest BCUT2D eigenvalue weighted by Crippen LogP contribution is -2.38. The minimum atomic E-state index is -0.419. The van der Waals surface area contributed by atoms with E-state index in [1.165, 1.54) is 12.1 Å². The molecule has 0 aliphatic carbocycles. The van der Waals surface area contributed by atoms with Crippen molar-refractivity contribution in [3.05, 3.63) is 46.0 Å². The van der Waals surface area contributed by atoms with E-state index in [2.05, 4.69) is 35.3 Å². The largest absolute Gasteiger partial charge is 0.378 e. The molecule has 4 rings (SSSR count). The van der Waals surface area contributed by atoms with Crippen LogP contribution in [-0.4, -0.2) is 65.5 Å². The number of nitro benzene ring substituents is 1. The van der Waals surface area contributed by atoms with E-state index in [1.807, 2.05) is 0 Å². The van der Waals surface area contributed by atoms with Crippen LogP contribution in [0, 0.1) is 10.1 Å². The van der Waals surface area contributed by atoms with Crippen LogP contribution in [0.25, 0.3) is 6.08 Å². The monoisotopic (exact) mass is 424 g/mol. The second kappa shape index (κ2) is 9.94. The maximum absolute atomic E-state index is 10.9. The van der Waals surface area contributed by atoms with Gasteiger partial charge in [-0.2, -0.15) is 20.1 Å². The lowest BCUT2D eigenvalue weighted by Gasteiger charge is -2.27. The molecule has 0 bridgehead atoms. The van der Waals surface area contributed by atoms with E-state index in [9.17, 15) is 10.1 Å². The van der Waals surface area contributed by atoms with Gasteiger partial charge in [-0.3, -0.25) is 10.1 Å². The first-order valence-electron chi connectivity index (χ1n) is 10.2. The Balaban J connectivity index is 1.45. The predicted octanol–water partition coefficient (Wildman–Crippen LogP) is 2.33. The molecule has 1 N–H and O–H groups in total. The van der Waals surface area contributed by atoms with Crippen molar-refractivity contribution in [1.29, 1.82) is 0 Å². The van der Waals surface area contributed by atoms with Crippen LogP contribution in [0.15, 0.2) is 35.4 Å². The Labute approximate surface area is 179 Å². The van der Waals surface area contributed by atoms with Crippen molar-refractivity contribution in [2.75, 3.05) is 54.6 Å². The summed E-state index contributed by atoms with van der Waals surface area (Å²) >= 11 is 0. The van der Waals surface area contributed by atoms with Gasteiger partial charge in [0, 0.05) is 44.5 Å². The number of rotatable bonds is 7. The number of nitro groups is 1. The molecule has 0 unspecified atom stereocenters. The van der Waals surface area contributed by atoms with Gasteiger partial charge in [0.05, 0.1) is 18.1 Å². The van der Waals surface area contributed by atoms with Gasteiger partial charge >= 0.3 is 0 Å². The Hall–Kier alpha value is -3.60. The highest BCUT2D eigenvalue weighted by atomic mass is 16.6. The Bertz CT molecular complexity index is 969. The summed E-state index contributed by atoms with van der Waals surface area (Å²) in [6, 6.07) is 6.39. The predicted molar refractivity (Wildman–Crippen MR) is 119 cm³/mol. The number of anilines is 3. The fraction of sp³-hybridized carbons (Fsp3) is 0.400. The maximum Gasteiger partial charge on any atom is 0.270 e. The van der Waals surface area contributed by atoms with Crippen LogP contribution in [-0.2, 0) is 4.74 Å². The summed E-state index contributed by atoms with van der Waals surface area (Å²) in [7, 11) is 0. The summed E-state index contributed by atoms with van der Waals surface area (Å²) in [5.74, 6) is 1.64. The lowest BCUT2D eigenvalue weighted by atomic mass is 10.2. The molecule has 0 atom stereocenters. The van der Waals surface area contributed by atoms with Gasteiger partial charge in [-0.25, -0.2) is 5.43 Å². The van der Waals surface area contributed by atoms with E-state index in [1.54, 1.807) is 30.5 Å². The molecule has 2 aliphatic heterocycles. The van der Waals surface area contributed by atoms with Gasteiger partial charge in [0.1, 0.15) is 0 Å². The number of benzene rings is 1. The SMILES string of the molecule is O=[N+]([O-])c1cccc(/C=C/C=N\Nc2nc(N3CCCC3)nc(N3CCOCC3)n2)c1. The van der Waals surface area contributed by atoms with E-state index in [-0.39, 0.29) is 5.69 Å². The fourth-order valence-corrected chi connectivity index (χ4v) is 3.40. The molecule has 3 heterocycles. The van der Waals surface area contributed by atoms with Crippen LogP contribution in [0.2, 0.25) is 0 Å². The van der Waals surface area contributed by atoms with Crippen LogP contribution in [0.5, 0.6) is 0 Å². The Morgan fingerprint density at radius 1 is 1.06 bits per heavy atom. The number of allylic oxidation sites excluding steroid dienone is 1. The van der Waals surface area contributed by atoms with Crippen LogP contribution in [0.4, 0.5) is 23.5 Å². The first-order chi connectivity index (χ1) is 15.2. The van der Waals surface area contributed by atoms with E-state index >= 15 is 0 Å². The van der Waals surface area contributed by atoms with Gasteiger partial charge in [-0.05, 0) is 24.5 Å². The molecule has 11 nitrogen and oxygen atoms in total. The normalized spacial score (nSPS) is 17.0. The number of nitrogens with one attached hydrogen (secondary N) is 1. The van der Waals surface area contributed by atoms with Crippen molar-refractivity contribution < 1.29 is 9.66 Å². The number of nitrogens with zero attached hydrogens (tertiary/aromatic N) is 7.